The lowest BCUT2D eigenvalue weighted by Crippen LogP contribution is -2.14. The smallest absolute Gasteiger partial charge is 0.158 e. The van der Waals surface area contributed by atoms with Crippen molar-refractivity contribution in [3.8, 4) is 34.0 Å². The Morgan fingerprint density at radius 1 is 1.09 bits per heavy atom. The molecule has 4 rings (SSSR count). The van der Waals surface area contributed by atoms with Gasteiger partial charge in [-0.1, -0.05) is 30.3 Å². The summed E-state index contributed by atoms with van der Waals surface area (Å²) in [6.45, 7) is 4.05. The van der Waals surface area contributed by atoms with Gasteiger partial charge in [0, 0.05) is 17.7 Å². The largest absolute Gasteiger partial charge is 0.388 e. The van der Waals surface area contributed by atoms with Crippen molar-refractivity contribution in [2.45, 2.75) is 31.7 Å². The van der Waals surface area contributed by atoms with Crippen LogP contribution < -0.4 is 0 Å². The van der Waals surface area contributed by atoms with Crippen molar-refractivity contribution >= 4 is 11.8 Å². The molecule has 0 aliphatic heterocycles. The molecular formula is C24H25FN4O2S. The Bertz CT molecular complexity index is 1190. The number of hydrogen-bond donors (Lipinski definition) is 2. The first-order chi connectivity index (χ1) is 15.6. The molecule has 2 aromatic carbocycles. The van der Waals surface area contributed by atoms with Crippen molar-refractivity contribution in [2.24, 2.45) is 0 Å². The first-order valence-corrected chi connectivity index (χ1v) is 11.6. The second-order valence-corrected chi connectivity index (χ2v) is 7.95. The number of nitrogens with one attached hydrogen (secondary N) is 1. The summed E-state index contributed by atoms with van der Waals surface area (Å²) in [6, 6.07) is 16.1. The van der Waals surface area contributed by atoms with Crippen LogP contribution in [0.25, 0.3) is 34.0 Å². The number of H-pyrrole nitrogens is 1. The van der Waals surface area contributed by atoms with Crippen LogP contribution in [0.5, 0.6) is 0 Å². The second kappa shape index (κ2) is 9.68. The highest BCUT2D eigenvalue weighted by molar-refractivity contribution is 7.98. The Labute approximate surface area is 190 Å². The minimum absolute atomic E-state index is 0.271. The van der Waals surface area contributed by atoms with Gasteiger partial charge in [-0.2, -0.15) is 0 Å². The van der Waals surface area contributed by atoms with E-state index < -0.39 is 0 Å². The van der Waals surface area contributed by atoms with E-state index in [9.17, 15) is 9.50 Å². The second-order valence-electron chi connectivity index (χ2n) is 7.15. The van der Waals surface area contributed by atoms with E-state index in [2.05, 4.69) is 9.97 Å². The molecular weight excluding hydrogens is 427 g/mol. The zero-order chi connectivity index (χ0) is 22.7. The number of aromatic nitrogens is 4. The fourth-order valence-corrected chi connectivity index (χ4v) is 4.31. The Kier molecular flexibility index (Phi) is 6.74. The fraction of sp³-hybridized carbons (Fsp3) is 0.250. The monoisotopic (exact) mass is 452 g/mol. The van der Waals surface area contributed by atoms with Crippen LogP contribution in [0, 0.1) is 5.82 Å². The van der Waals surface area contributed by atoms with Gasteiger partial charge in [0.25, 0.3) is 0 Å². The van der Waals surface area contributed by atoms with E-state index in [1.54, 1.807) is 23.9 Å². The van der Waals surface area contributed by atoms with Crippen LogP contribution in [0.2, 0.25) is 0 Å². The lowest BCUT2D eigenvalue weighted by molar-refractivity contribution is 0.0214. The van der Waals surface area contributed by atoms with Crippen LogP contribution >= 0.6 is 11.8 Å². The number of benzene rings is 2. The summed E-state index contributed by atoms with van der Waals surface area (Å²) in [5.41, 5.74) is 3.92. The number of aromatic amines is 1. The van der Waals surface area contributed by atoms with Crippen molar-refractivity contribution in [3.05, 3.63) is 66.2 Å². The minimum atomic E-state index is -0.387. The molecule has 0 radical (unpaired) electrons. The number of halogens is 1. The number of nitrogens with zero attached hydrogens (tertiary/aromatic N) is 3. The molecule has 6 nitrogen and oxygen atoms in total. The van der Waals surface area contributed by atoms with Crippen LogP contribution in [0.4, 0.5) is 4.39 Å². The van der Waals surface area contributed by atoms with Crippen molar-refractivity contribution in [1.82, 2.24) is 19.5 Å². The molecule has 0 saturated heterocycles. The van der Waals surface area contributed by atoms with Gasteiger partial charge in [-0.25, -0.2) is 14.4 Å². The van der Waals surface area contributed by atoms with Gasteiger partial charge < -0.3 is 14.8 Å². The molecule has 8 heteroatoms. The molecule has 4 aromatic rings. The number of thioether (sulfide) groups is 1. The highest BCUT2D eigenvalue weighted by atomic mass is 32.2. The van der Waals surface area contributed by atoms with Gasteiger partial charge in [0.1, 0.15) is 40.9 Å². The average Bonchev–Trinajstić information content (AvgIpc) is 3.42. The normalized spacial score (nSPS) is 12.3. The van der Waals surface area contributed by atoms with E-state index >= 15 is 0 Å². The fourth-order valence-electron chi connectivity index (χ4n) is 3.75. The third kappa shape index (κ3) is 4.21. The molecule has 0 fully saturated rings. The minimum Gasteiger partial charge on any atom is -0.388 e. The quantitative estimate of drug-likeness (QED) is 0.345. The van der Waals surface area contributed by atoms with E-state index in [-0.39, 0.29) is 18.7 Å². The first kappa shape index (κ1) is 22.3. The van der Waals surface area contributed by atoms with E-state index in [4.69, 9.17) is 9.72 Å². The Morgan fingerprint density at radius 3 is 2.44 bits per heavy atom. The molecule has 0 aliphatic carbocycles. The van der Waals surface area contributed by atoms with E-state index in [0.717, 1.165) is 21.8 Å². The van der Waals surface area contributed by atoms with Gasteiger partial charge >= 0.3 is 0 Å². The third-order valence-electron chi connectivity index (χ3n) is 5.17. The number of ether oxygens (including phenoxy) is 1. The summed E-state index contributed by atoms with van der Waals surface area (Å²) in [4.78, 5) is 13.0. The third-order valence-corrected chi connectivity index (χ3v) is 5.85. The average molecular weight is 453 g/mol. The maximum Gasteiger partial charge on any atom is 0.158 e. The van der Waals surface area contributed by atoms with Crippen molar-refractivity contribution in [3.63, 3.8) is 0 Å². The van der Waals surface area contributed by atoms with Gasteiger partial charge in [0.05, 0.1) is 5.69 Å². The molecule has 2 aromatic heterocycles. The van der Waals surface area contributed by atoms with Gasteiger partial charge in [0.15, 0.2) is 5.82 Å². The topological polar surface area (TPSA) is 76.0 Å². The van der Waals surface area contributed by atoms with Gasteiger partial charge in [-0.3, -0.25) is 4.57 Å². The highest BCUT2D eigenvalue weighted by Crippen LogP contribution is 2.38. The Balaban J connectivity index is 1.97. The van der Waals surface area contributed by atoms with Crippen LogP contribution in [0.3, 0.4) is 0 Å². The van der Waals surface area contributed by atoms with Gasteiger partial charge in [-0.15, -0.1) is 11.8 Å². The number of rotatable bonds is 8. The van der Waals surface area contributed by atoms with Crippen LogP contribution in [-0.4, -0.2) is 37.5 Å². The SMILES string of the molecule is CCOC(C)n1c(CO)nc(-c2ccc(F)cc2)c1-c1nc(SC)c(-c2ccccc2)[nH]1. The molecule has 0 spiro atoms. The predicted octanol–water partition coefficient (Wildman–Crippen LogP) is 5.52. The summed E-state index contributed by atoms with van der Waals surface area (Å²) in [7, 11) is 0. The summed E-state index contributed by atoms with van der Waals surface area (Å²) in [5.74, 6) is 0.726. The number of aliphatic hydroxyl groups excluding tert-OH is 1. The summed E-state index contributed by atoms with van der Waals surface area (Å²) < 4.78 is 21.3. The maximum atomic E-state index is 13.6. The maximum absolute atomic E-state index is 13.6. The van der Waals surface area contributed by atoms with Gasteiger partial charge in [0.2, 0.25) is 0 Å². The summed E-state index contributed by atoms with van der Waals surface area (Å²) in [5, 5.41) is 10.9. The highest BCUT2D eigenvalue weighted by Gasteiger charge is 2.26. The Morgan fingerprint density at radius 2 is 1.81 bits per heavy atom. The molecule has 0 bridgehead atoms. The molecule has 0 amide bonds. The van der Waals surface area contributed by atoms with Crippen molar-refractivity contribution in [2.75, 3.05) is 12.9 Å². The Hall–Kier alpha value is -2.94. The lowest BCUT2D eigenvalue weighted by atomic mass is 10.1. The molecule has 0 saturated carbocycles. The molecule has 1 atom stereocenters. The number of hydrogen-bond acceptors (Lipinski definition) is 5. The van der Waals surface area contributed by atoms with Gasteiger partial charge in [-0.05, 0) is 44.4 Å². The van der Waals surface area contributed by atoms with E-state index in [1.165, 1.54) is 12.1 Å². The number of aliphatic hydroxyl groups is 1. The van der Waals surface area contributed by atoms with Crippen LogP contribution in [0.1, 0.15) is 25.9 Å². The summed E-state index contributed by atoms with van der Waals surface area (Å²) >= 11 is 1.54. The van der Waals surface area contributed by atoms with Crippen LogP contribution in [-0.2, 0) is 11.3 Å². The van der Waals surface area contributed by atoms with Crippen LogP contribution in [0.15, 0.2) is 59.6 Å². The summed E-state index contributed by atoms with van der Waals surface area (Å²) in [6.07, 6.45) is 1.59. The predicted molar refractivity (Wildman–Crippen MR) is 125 cm³/mol. The van der Waals surface area contributed by atoms with E-state index in [0.29, 0.717) is 29.6 Å². The zero-order valence-electron chi connectivity index (χ0n) is 18.2. The molecule has 1 unspecified atom stereocenters. The molecule has 0 aliphatic rings. The zero-order valence-corrected chi connectivity index (χ0v) is 19.0. The van der Waals surface area contributed by atoms with Crippen molar-refractivity contribution in [1.29, 1.82) is 0 Å². The van der Waals surface area contributed by atoms with E-state index in [1.807, 2.05) is 55.0 Å². The molecule has 32 heavy (non-hydrogen) atoms. The number of imidazole rings is 2. The molecule has 2 N–H and O–H groups in total. The standard InChI is InChI=1S/C24H25FN4O2S/c1-4-31-15(2)29-19(14-30)26-20(17-10-12-18(25)13-11-17)22(29)23-27-21(24(28-23)32-3)16-8-6-5-7-9-16/h5-13,15,30H,4,14H2,1-3H3,(H,27,28). The lowest BCUT2D eigenvalue weighted by Gasteiger charge is -2.18. The van der Waals surface area contributed by atoms with Crippen molar-refractivity contribution < 1.29 is 14.2 Å². The first-order valence-electron chi connectivity index (χ1n) is 10.4. The molecule has 166 valence electrons. The molecule has 2 heterocycles.